The summed E-state index contributed by atoms with van der Waals surface area (Å²) in [6, 6.07) is 10.7. The van der Waals surface area contributed by atoms with Crippen LogP contribution in [0.25, 0.3) is 22.3 Å². The molecule has 10 nitrogen and oxygen atoms in total. The Morgan fingerprint density at radius 3 is 2.41 bits per heavy atom. The third kappa shape index (κ3) is 3.41. The summed E-state index contributed by atoms with van der Waals surface area (Å²) in [5.74, 6) is -1.26. The predicted octanol–water partition coefficient (Wildman–Crippen LogP) is 1.52. The highest BCUT2D eigenvalue weighted by Gasteiger charge is 2.30. The zero-order chi connectivity index (χ0) is 22.1. The third-order valence-electron chi connectivity index (χ3n) is 5.57. The van der Waals surface area contributed by atoms with Crippen LogP contribution in [0.1, 0.15) is 20.7 Å². The van der Waals surface area contributed by atoms with Crippen LogP contribution in [-0.4, -0.2) is 79.0 Å². The maximum Gasteiger partial charge on any atom is 0.295 e. The van der Waals surface area contributed by atoms with E-state index in [1.54, 1.807) is 29.3 Å². The van der Waals surface area contributed by atoms with E-state index in [9.17, 15) is 14.4 Å². The van der Waals surface area contributed by atoms with Gasteiger partial charge in [-0.15, -0.1) is 0 Å². The zero-order valence-corrected chi connectivity index (χ0v) is 17.0. The van der Waals surface area contributed by atoms with Crippen LogP contribution in [-0.2, 0) is 4.79 Å². The van der Waals surface area contributed by atoms with Crippen LogP contribution >= 0.6 is 0 Å². The Balaban J connectivity index is 1.31. The smallest absolute Gasteiger partial charge is 0.295 e. The standard InChI is InChI=1S/C22H19N7O3/c30-20(16-12-24-18-15(16)6-7-23-19(18)17-13-25-27-26-17)22(32)29-10-8-28(9-11-29)21(31)14-4-2-1-3-5-14/h1-7,12-13,24H,8-11H2,(H,25,26,27). The molecule has 1 fully saturated rings. The topological polar surface area (TPSA) is 128 Å². The fourth-order valence-electron chi connectivity index (χ4n) is 3.89. The van der Waals surface area contributed by atoms with Crippen molar-refractivity contribution in [3.8, 4) is 11.4 Å². The van der Waals surface area contributed by atoms with E-state index in [1.807, 2.05) is 18.2 Å². The van der Waals surface area contributed by atoms with Crippen molar-refractivity contribution < 1.29 is 14.4 Å². The summed E-state index contributed by atoms with van der Waals surface area (Å²) in [7, 11) is 0. The van der Waals surface area contributed by atoms with Crippen molar-refractivity contribution in [3.05, 3.63) is 66.1 Å². The van der Waals surface area contributed by atoms with Gasteiger partial charge in [0.05, 0.1) is 17.3 Å². The molecule has 1 aliphatic heterocycles. The normalized spacial score (nSPS) is 14.0. The second-order valence-electron chi connectivity index (χ2n) is 7.42. The number of aromatic nitrogens is 5. The van der Waals surface area contributed by atoms with Crippen molar-refractivity contribution in [1.82, 2.24) is 35.2 Å². The van der Waals surface area contributed by atoms with Gasteiger partial charge in [-0.1, -0.05) is 18.2 Å². The van der Waals surface area contributed by atoms with Crippen LogP contribution in [0.3, 0.4) is 0 Å². The first-order valence-electron chi connectivity index (χ1n) is 10.1. The summed E-state index contributed by atoms with van der Waals surface area (Å²) in [5, 5.41) is 10.9. The van der Waals surface area contributed by atoms with E-state index in [-0.39, 0.29) is 11.5 Å². The first-order chi connectivity index (χ1) is 15.6. The summed E-state index contributed by atoms with van der Waals surface area (Å²) in [5.41, 5.74) is 2.56. The quantitative estimate of drug-likeness (QED) is 0.374. The van der Waals surface area contributed by atoms with E-state index < -0.39 is 11.7 Å². The Labute approximate surface area is 182 Å². The molecule has 0 atom stereocenters. The molecule has 2 N–H and O–H groups in total. The first-order valence-corrected chi connectivity index (χ1v) is 10.1. The molecule has 32 heavy (non-hydrogen) atoms. The van der Waals surface area contributed by atoms with Crippen molar-refractivity contribution in [3.63, 3.8) is 0 Å². The van der Waals surface area contributed by atoms with Gasteiger partial charge in [0.1, 0.15) is 11.4 Å². The number of nitrogens with one attached hydrogen (secondary N) is 2. The van der Waals surface area contributed by atoms with Gasteiger partial charge in [-0.3, -0.25) is 19.4 Å². The van der Waals surface area contributed by atoms with E-state index in [0.717, 1.165) is 0 Å². The van der Waals surface area contributed by atoms with Gasteiger partial charge in [0, 0.05) is 49.5 Å². The fourth-order valence-corrected chi connectivity index (χ4v) is 3.89. The minimum atomic E-state index is -0.601. The molecule has 1 aliphatic rings. The monoisotopic (exact) mass is 429 g/mol. The molecule has 0 aliphatic carbocycles. The zero-order valence-electron chi connectivity index (χ0n) is 17.0. The third-order valence-corrected chi connectivity index (χ3v) is 5.57. The number of H-pyrrole nitrogens is 2. The number of hydrogen-bond donors (Lipinski definition) is 2. The van der Waals surface area contributed by atoms with Crippen molar-refractivity contribution in [2.24, 2.45) is 0 Å². The Hall–Kier alpha value is -4.34. The minimum absolute atomic E-state index is 0.0754. The number of amides is 2. The molecule has 0 spiro atoms. The molecule has 160 valence electrons. The number of carbonyl (C=O) groups is 3. The Bertz CT molecular complexity index is 1290. The number of Topliss-reactive ketones (excluding diaryl/α,β-unsaturated/α-hetero) is 1. The maximum atomic E-state index is 13.0. The Morgan fingerprint density at radius 2 is 1.69 bits per heavy atom. The predicted molar refractivity (Wildman–Crippen MR) is 115 cm³/mol. The molecule has 0 radical (unpaired) electrons. The van der Waals surface area contributed by atoms with Gasteiger partial charge in [-0.2, -0.15) is 15.4 Å². The first kappa shape index (κ1) is 19.6. The molecule has 5 rings (SSSR count). The lowest BCUT2D eigenvalue weighted by Gasteiger charge is -2.34. The fraction of sp³-hybridized carbons (Fsp3) is 0.182. The Morgan fingerprint density at radius 1 is 0.938 bits per heavy atom. The molecule has 0 saturated carbocycles. The second kappa shape index (κ2) is 8.06. The average Bonchev–Trinajstić information content (AvgIpc) is 3.53. The maximum absolute atomic E-state index is 13.0. The van der Waals surface area contributed by atoms with Crippen molar-refractivity contribution >= 4 is 28.5 Å². The van der Waals surface area contributed by atoms with Gasteiger partial charge in [0.25, 0.3) is 17.6 Å². The average molecular weight is 429 g/mol. The van der Waals surface area contributed by atoms with Crippen LogP contribution in [0.2, 0.25) is 0 Å². The molecular weight excluding hydrogens is 410 g/mol. The van der Waals surface area contributed by atoms with Gasteiger partial charge >= 0.3 is 0 Å². The number of fused-ring (bicyclic) bond motifs is 1. The molecule has 4 aromatic rings. The number of hydrogen-bond acceptors (Lipinski definition) is 6. The van der Waals surface area contributed by atoms with Gasteiger partial charge < -0.3 is 14.8 Å². The number of nitrogens with zero attached hydrogens (tertiary/aromatic N) is 5. The molecular formula is C22H19N7O3. The molecule has 1 aromatic carbocycles. The lowest BCUT2D eigenvalue weighted by molar-refractivity contribution is -0.127. The lowest BCUT2D eigenvalue weighted by Crippen LogP contribution is -2.52. The summed E-state index contributed by atoms with van der Waals surface area (Å²) >= 11 is 0. The number of ketones is 1. The summed E-state index contributed by atoms with van der Waals surface area (Å²) in [4.78, 5) is 49.1. The van der Waals surface area contributed by atoms with Crippen LogP contribution < -0.4 is 0 Å². The number of aromatic amines is 2. The number of benzene rings is 1. The van der Waals surface area contributed by atoms with Gasteiger partial charge in [0.2, 0.25) is 0 Å². The van der Waals surface area contributed by atoms with E-state index in [0.29, 0.717) is 54.0 Å². The summed E-state index contributed by atoms with van der Waals surface area (Å²) < 4.78 is 0. The SMILES string of the molecule is O=C(C(=O)N1CCN(C(=O)c2ccccc2)CC1)c1c[nH]c2c(-c3cn[nH]n3)nccc12. The second-order valence-corrected chi connectivity index (χ2v) is 7.42. The molecule has 1 saturated heterocycles. The number of pyridine rings is 1. The number of carbonyl (C=O) groups excluding carboxylic acids is 3. The molecule has 3 aromatic heterocycles. The van der Waals surface area contributed by atoms with Crippen LogP contribution in [0.15, 0.2) is 55.0 Å². The van der Waals surface area contributed by atoms with Crippen molar-refractivity contribution in [2.45, 2.75) is 0 Å². The number of piperazine rings is 1. The van der Waals surface area contributed by atoms with E-state index in [4.69, 9.17) is 0 Å². The van der Waals surface area contributed by atoms with E-state index >= 15 is 0 Å². The van der Waals surface area contributed by atoms with Crippen molar-refractivity contribution in [1.29, 1.82) is 0 Å². The number of rotatable bonds is 4. The lowest BCUT2D eigenvalue weighted by atomic mass is 10.1. The van der Waals surface area contributed by atoms with E-state index in [1.165, 1.54) is 17.3 Å². The minimum Gasteiger partial charge on any atom is -0.359 e. The van der Waals surface area contributed by atoms with E-state index in [2.05, 4.69) is 25.4 Å². The van der Waals surface area contributed by atoms with Gasteiger partial charge in [-0.05, 0) is 18.2 Å². The molecule has 0 unspecified atom stereocenters. The highest BCUT2D eigenvalue weighted by Crippen LogP contribution is 2.26. The molecule has 0 bridgehead atoms. The Kier molecular flexibility index (Phi) is 4.94. The summed E-state index contributed by atoms with van der Waals surface area (Å²) in [6.45, 7) is 1.36. The molecule has 10 heteroatoms. The van der Waals surface area contributed by atoms with Crippen LogP contribution in [0.5, 0.6) is 0 Å². The highest BCUT2D eigenvalue weighted by atomic mass is 16.2. The van der Waals surface area contributed by atoms with Gasteiger partial charge in [-0.25, -0.2) is 0 Å². The van der Waals surface area contributed by atoms with Crippen LogP contribution in [0.4, 0.5) is 0 Å². The van der Waals surface area contributed by atoms with Crippen molar-refractivity contribution in [2.75, 3.05) is 26.2 Å². The summed E-state index contributed by atoms with van der Waals surface area (Å²) in [6.07, 6.45) is 4.62. The molecule has 2 amide bonds. The van der Waals surface area contributed by atoms with Gasteiger partial charge in [0.15, 0.2) is 0 Å². The van der Waals surface area contributed by atoms with Crippen LogP contribution in [0, 0.1) is 0 Å². The highest BCUT2D eigenvalue weighted by molar-refractivity contribution is 6.45. The molecule has 4 heterocycles. The largest absolute Gasteiger partial charge is 0.359 e.